The van der Waals surface area contributed by atoms with Crippen molar-refractivity contribution in [2.75, 3.05) is 39.9 Å². The molecule has 8 heteroatoms. The highest BCUT2D eigenvalue weighted by molar-refractivity contribution is 6.46. The number of aliphatic hydroxyl groups excluding tert-OH is 1. The van der Waals surface area contributed by atoms with Crippen molar-refractivity contribution in [3.05, 3.63) is 70.8 Å². The number of methoxy groups -OCH3 is 1. The molecule has 1 atom stereocenters. The van der Waals surface area contributed by atoms with Crippen molar-refractivity contribution >= 4 is 23.4 Å². The average Bonchev–Trinajstić information content (AvgIpc) is 3.16. The van der Waals surface area contributed by atoms with E-state index in [4.69, 9.17) is 9.47 Å². The number of esters is 1. The summed E-state index contributed by atoms with van der Waals surface area (Å²) in [5.74, 6) is -1.47. The fourth-order valence-electron chi connectivity index (χ4n) is 4.41. The maximum absolute atomic E-state index is 13.2. The van der Waals surface area contributed by atoms with Gasteiger partial charge in [-0.25, -0.2) is 4.79 Å². The van der Waals surface area contributed by atoms with Crippen molar-refractivity contribution in [2.45, 2.75) is 33.2 Å². The van der Waals surface area contributed by atoms with Crippen LogP contribution in [-0.2, 0) is 14.3 Å². The largest absolute Gasteiger partial charge is 0.507 e. The molecular formula is C28H34N2O6. The Morgan fingerprint density at radius 3 is 2.14 bits per heavy atom. The Hall–Kier alpha value is -3.65. The Morgan fingerprint density at radius 2 is 1.58 bits per heavy atom. The molecule has 8 nitrogen and oxygen atoms in total. The Labute approximate surface area is 212 Å². The van der Waals surface area contributed by atoms with E-state index >= 15 is 0 Å². The molecule has 1 aliphatic heterocycles. The first-order chi connectivity index (χ1) is 17.4. The molecule has 1 N–H and O–H groups in total. The van der Waals surface area contributed by atoms with Gasteiger partial charge in [-0.1, -0.05) is 26.0 Å². The molecule has 1 fully saturated rings. The standard InChI is InChI=1S/C28H34N2O6/c1-5-29(6-2)17-8-18-30-24(19-9-11-21(12-10-19)28(34)35-4)23(26(32)27(30)33)25(31)20-13-15-22(16-14-20)36-7-3/h9-16,24,31H,5-8,17-18H2,1-4H3. The van der Waals surface area contributed by atoms with E-state index in [1.807, 2.05) is 6.92 Å². The Balaban J connectivity index is 2.02. The minimum Gasteiger partial charge on any atom is -0.507 e. The first kappa shape index (κ1) is 26.9. The molecule has 1 heterocycles. The van der Waals surface area contributed by atoms with Crippen LogP contribution < -0.4 is 4.74 Å². The van der Waals surface area contributed by atoms with Gasteiger partial charge in [-0.2, -0.15) is 0 Å². The zero-order chi connectivity index (χ0) is 26.2. The number of likely N-dealkylation sites (tertiary alicyclic amines) is 1. The molecule has 0 aromatic heterocycles. The van der Waals surface area contributed by atoms with Gasteiger partial charge in [-0.05, 0) is 74.9 Å². The molecule has 1 aliphatic rings. The third-order valence-corrected chi connectivity index (χ3v) is 6.39. The number of amides is 1. The van der Waals surface area contributed by atoms with Crippen molar-refractivity contribution in [3.63, 3.8) is 0 Å². The number of aliphatic hydroxyl groups is 1. The first-order valence-corrected chi connectivity index (χ1v) is 12.3. The van der Waals surface area contributed by atoms with Crippen molar-refractivity contribution in [1.82, 2.24) is 9.80 Å². The van der Waals surface area contributed by atoms with E-state index in [-0.39, 0.29) is 11.3 Å². The molecule has 0 bridgehead atoms. The van der Waals surface area contributed by atoms with Gasteiger partial charge in [0.05, 0.1) is 30.9 Å². The first-order valence-electron chi connectivity index (χ1n) is 12.3. The number of ether oxygens (including phenoxy) is 2. The van der Waals surface area contributed by atoms with E-state index in [1.54, 1.807) is 48.5 Å². The normalized spacial score (nSPS) is 17.0. The maximum Gasteiger partial charge on any atom is 0.337 e. The van der Waals surface area contributed by atoms with Crippen LogP contribution in [0.4, 0.5) is 0 Å². The molecule has 0 radical (unpaired) electrons. The number of hydrogen-bond acceptors (Lipinski definition) is 7. The quantitative estimate of drug-likeness (QED) is 0.218. The van der Waals surface area contributed by atoms with Crippen LogP contribution in [0.25, 0.3) is 5.76 Å². The lowest BCUT2D eigenvalue weighted by atomic mass is 9.94. The fourth-order valence-corrected chi connectivity index (χ4v) is 4.41. The number of benzene rings is 2. The number of carbonyl (C=O) groups is 3. The molecule has 0 spiro atoms. The molecule has 0 saturated carbocycles. The van der Waals surface area contributed by atoms with Crippen LogP contribution in [0, 0.1) is 0 Å². The zero-order valence-corrected chi connectivity index (χ0v) is 21.3. The van der Waals surface area contributed by atoms with Gasteiger partial charge in [0, 0.05) is 12.1 Å². The predicted molar refractivity (Wildman–Crippen MR) is 137 cm³/mol. The van der Waals surface area contributed by atoms with Crippen LogP contribution in [0.5, 0.6) is 5.75 Å². The van der Waals surface area contributed by atoms with Crippen LogP contribution in [0.2, 0.25) is 0 Å². The minimum absolute atomic E-state index is 0.0258. The van der Waals surface area contributed by atoms with Crippen LogP contribution >= 0.6 is 0 Å². The summed E-state index contributed by atoms with van der Waals surface area (Å²) >= 11 is 0. The van der Waals surface area contributed by atoms with Crippen LogP contribution in [0.1, 0.15) is 54.7 Å². The maximum atomic E-state index is 13.2. The molecule has 2 aromatic rings. The molecule has 2 aromatic carbocycles. The summed E-state index contributed by atoms with van der Waals surface area (Å²) in [7, 11) is 1.30. The zero-order valence-electron chi connectivity index (χ0n) is 21.3. The van der Waals surface area contributed by atoms with Crippen molar-refractivity contribution < 1.29 is 29.0 Å². The van der Waals surface area contributed by atoms with Gasteiger partial charge in [-0.15, -0.1) is 0 Å². The molecule has 0 aliphatic carbocycles. The van der Waals surface area contributed by atoms with E-state index in [0.29, 0.717) is 42.0 Å². The number of rotatable bonds is 11. The fraction of sp³-hybridized carbons (Fsp3) is 0.393. The number of ketones is 1. The van der Waals surface area contributed by atoms with Gasteiger partial charge in [0.1, 0.15) is 11.5 Å². The molecule has 3 rings (SSSR count). The van der Waals surface area contributed by atoms with Gasteiger partial charge in [0.2, 0.25) is 0 Å². The van der Waals surface area contributed by atoms with Crippen LogP contribution in [-0.4, -0.2) is 72.5 Å². The molecule has 1 amide bonds. The van der Waals surface area contributed by atoms with E-state index in [0.717, 1.165) is 19.6 Å². The van der Waals surface area contributed by atoms with Crippen molar-refractivity contribution in [2.24, 2.45) is 0 Å². The molecule has 192 valence electrons. The van der Waals surface area contributed by atoms with E-state index in [9.17, 15) is 19.5 Å². The highest BCUT2D eigenvalue weighted by Gasteiger charge is 2.45. The summed E-state index contributed by atoms with van der Waals surface area (Å²) < 4.78 is 10.2. The second kappa shape index (κ2) is 12.4. The Morgan fingerprint density at radius 1 is 0.972 bits per heavy atom. The second-order valence-electron chi connectivity index (χ2n) is 8.44. The lowest BCUT2D eigenvalue weighted by Crippen LogP contribution is -2.33. The summed E-state index contributed by atoms with van der Waals surface area (Å²) in [6.45, 7) is 9.46. The highest BCUT2D eigenvalue weighted by atomic mass is 16.5. The lowest BCUT2D eigenvalue weighted by Gasteiger charge is -2.27. The van der Waals surface area contributed by atoms with E-state index < -0.39 is 23.7 Å². The van der Waals surface area contributed by atoms with Crippen molar-refractivity contribution in [1.29, 1.82) is 0 Å². The Kier molecular flexibility index (Phi) is 9.25. The third kappa shape index (κ3) is 5.76. The monoisotopic (exact) mass is 494 g/mol. The van der Waals surface area contributed by atoms with Crippen LogP contribution in [0.15, 0.2) is 54.1 Å². The summed E-state index contributed by atoms with van der Waals surface area (Å²) in [5.41, 5.74) is 1.41. The number of nitrogens with zero attached hydrogens (tertiary/aromatic N) is 2. The number of carbonyl (C=O) groups excluding carboxylic acids is 3. The van der Waals surface area contributed by atoms with Gasteiger partial charge in [0.15, 0.2) is 0 Å². The third-order valence-electron chi connectivity index (χ3n) is 6.39. The predicted octanol–water partition coefficient (Wildman–Crippen LogP) is 4.03. The smallest absolute Gasteiger partial charge is 0.337 e. The minimum atomic E-state index is -0.778. The summed E-state index contributed by atoms with van der Waals surface area (Å²) in [4.78, 5) is 42.0. The number of Topliss-reactive ketones (excluding diaryl/α,β-unsaturated/α-hetero) is 1. The van der Waals surface area contributed by atoms with E-state index in [2.05, 4.69) is 18.7 Å². The molecule has 1 unspecified atom stereocenters. The number of hydrogen-bond donors (Lipinski definition) is 1. The Bertz CT molecular complexity index is 1100. The summed E-state index contributed by atoms with van der Waals surface area (Å²) in [5, 5.41) is 11.2. The highest BCUT2D eigenvalue weighted by Crippen LogP contribution is 2.39. The lowest BCUT2D eigenvalue weighted by molar-refractivity contribution is -0.140. The van der Waals surface area contributed by atoms with Gasteiger partial charge in [-0.3, -0.25) is 9.59 Å². The van der Waals surface area contributed by atoms with Gasteiger partial charge in [0.25, 0.3) is 11.7 Å². The molecule has 36 heavy (non-hydrogen) atoms. The summed E-state index contributed by atoms with van der Waals surface area (Å²) in [6.07, 6.45) is 0.675. The van der Waals surface area contributed by atoms with Gasteiger partial charge >= 0.3 is 5.97 Å². The summed E-state index contributed by atoms with van der Waals surface area (Å²) in [6, 6.07) is 12.5. The SMILES string of the molecule is CCOc1ccc(C(O)=C2C(=O)C(=O)N(CCCN(CC)CC)C2c2ccc(C(=O)OC)cc2)cc1. The van der Waals surface area contributed by atoms with E-state index in [1.165, 1.54) is 12.0 Å². The second-order valence-corrected chi connectivity index (χ2v) is 8.44. The van der Waals surface area contributed by atoms with Crippen molar-refractivity contribution in [3.8, 4) is 5.75 Å². The topological polar surface area (TPSA) is 96.4 Å². The molecular weight excluding hydrogens is 460 g/mol. The van der Waals surface area contributed by atoms with Gasteiger partial charge < -0.3 is 24.4 Å². The molecule has 1 saturated heterocycles. The average molecular weight is 495 g/mol. The van der Waals surface area contributed by atoms with Crippen LogP contribution in [0.3, 0.4) is 0 Å².